The smallest absolute Gasteiger partial charge is 0.252 e. The number of hydrogen-bond donors (Lipinski definition) is 2. The number of hydrogen-bond acceptors (Lipinski definition) is 3. The molecule has 4 heteroatoms. The van der Waals surface area contributed by atoms with E-state index in [1.807, 2.05) is 37.3 Å². The predicted octanol–water partition coefficient (Wildman–Crippen LogP) is 2.23. The van der Waals surface area contributed by atoms with Crippen LogP contribution in [0.3, 0.4) is 0 Å². The maximum atomic E-state index is 12.4. The summed E-state index contributed by atoms with van der Waals surface area (Å²) in [5.41, 5.74) is -0.732. The number of amides is 1. The van der Waals surface area contributed by atoms with Gasteiger partial charge in [-0.2, -0.15) is 0 Å². The first kappa shape index (κ1) is 16.0. The van der Waals surface area contributed by atoms with E-state index in [1.165, 1.54) is 0 Å². The zero-order chi connectivity index (χ0) is 15.5. The molecule has 0 radical (unpaired) electrons. The van der Waals surface area contributed by atoms with Gasteiger partial charge in [0, 0.05) is 19.6 Å². The minimum Gasteiger partial charge on any atom is -0.380 e. The van der Waals surface area contributed by atoms with Gasteiger partial charge in [-0.1, -0.05) is 37.3 Å². The molecule has 0 aromatic heterocycles. The van der Waals surface area contributed by atoms with Gasteiger partial charge in [-0.15, -0.1) is 0 Å². The third-order valence-electron chi connectivity index (χ3n) is 4.87. The molecular weight excluding hydrogens is 266 g/mol. The molecule has 2 N–H and O–H groups in total. The number of benzene rings is 1. The second-order valence-corrected chi connectivity index (χ2v) is 6.20. The molecule has 0 saturated heterocycles. The monoisotopic (exact) mass is 291 g/mol. The van der Waals surface area contributed by atoms with Gasteiger partial charge in [-0.3, -0.25) is 4.79 Å². The molecule has 2 atom stereocenters. The van der Waals surface area contributed by atoms with Crippen molar-refractivity contribution < 1.29 is 14.6 Å². The maximum absolute atomic E-state index is 12.4. The summed E-state index contributed by atoms with van der Waals surface area (Å²) in [6, 6.07) is 9.59. The molecule has 1 aliphatic rings. The third-order valence-corrected chi connectivity index (χ3v) is 4.87. The average molecular weight is 291 g/mol. The molecule has 2 unspecified atom stereocenters. The molecular formula is C17H25NO3. The van der Waals surface area contributed by atoms with Crippen LogP contribution in [0, 0.1) is 0 Å². The summed E-state index contributed by atoms with van der Waals surface area (Å²) in [4.78, 5) is 12.4. The lowest BCUT2D eigenvalue weighted by atomic mass is 9.79. The van der Waals surface area contributed by atoms with Gasteiger partial charge in [-0.05, 0) is 31.7 Å². The molecule has 0 aliphatic heterocycles. The first-order chi connectivity index (χ1) is 9.91. The molecule has 116 valence electrons. The van der Waals surface area contributed by atoms with Crippen molar-refractivity contribution in [1.82, 2.24) is 5.32 Å². The molecule has 2 rings (SSSR count). The Labute approximate surface area is 126 Å². The topological polar surface area (TPSA) is 58.6 Å². The lowest BCUT2D eigenvalue weighted by Gasteiger charge is -2.41. The van der Waals surface area contributed by atoms with E-state index in [2.05, 4.69) is 5.32 Å². The Kier molecular flexibility index (Phi) is 4.69. The third kappa shape index (κ3) is 3.27. The average Bonchev–Trinajstić information content (AvgIpc) is 2.46. The molecule has 4 nitrogen and oxygen atoms in total. The highest BCUT2D eigenvalue weighted by Gasteiger charge is 2.41. The summed E-state index contributed by atoms with van der Waals surface area (Å²) in [5.74, 6) is -0.624. The summed E-state index contributed by atoms with van der Waals surface area (Å²) in [6.07, 6.45) is 3.04. The van der Waals surface area contributed by atoms with Crippen molar-refractivity contribution >= 4 is 5.91 Å². The van der Waals surface area contributed by atoms with Crippen LogP contribution in [0.5, 0.6) is 0 Å². The number of carbonyl (C=O) groups excluding carboxylic acids is 1. The van der Waals surface area contributed by atoms with Crippen LogP contribution in [-0.4, -0.2) is 35.9 Å². The van der Waals surface area contributed by atoms with Crippen LogP contribution in [-0.2, 0) is 9.53 Å². The van der Waals surface area contributed by atoms with Crippen molar-refractivity contribution in [3.05, 3.63) is 35.9 Å². The highest BCUT2D eigenvalue weighted by Crippen LogP contribution is 2.34. The molecule has 0 spiro atoms. The van der Waals surface area contributed by atoms with E-state index in [9.17, 15) is 9.90 Å². The van der Waals surface area contributed by atoms with E-state index >= 15 is 0 Å². The quantitative estimate of drug-likeness (QED) is 0.845. The number of rotatable bonds is 6. The van der Waals surface area contributed by atoms with Gasteiger partial charge in [0.25, 0.3) is 5.91 Å². The second-order valence-electron chi connectivity index (χ2n) is 6.20. The number of ether oxygens (including phenoxy) is 1. The fourth-order valence-electron chi connectivity index (χ4n) is 2.71. The SMILES string of the molecule is COC1(CNC(=O)C(C)(O)C(C)c2ccccc2)CCC1. The standard InChI is InChI=1S/C17H25NO3/c1-13(14-8-5-4-6-9-14)16(2,20)15(19)18-12-17(21-3)10-7-11-17/h4-6,8-9,13,20H,7,10-12H2,1-3H3,(H,18,19). The van der Waals surface area contributed by atoms with Crippen molar-refractivity contribution in [3.8, 4) is 0 Å². The molecule has 1 aliphatic carbocycles. The van der Waals surface area contributed by atoms with Crippen LogP contribution in [0.15, 0.2) is 30.3 Å². The Morgan fingerprint density at radius 3 is 2.52 bits per heavy atom. The van der Waals surface area contributed by atoms with Gasteiger partial charge >= 0.3 is 0 Å². The highest BCUT2D eigenvalue weighted by atomic mass is 16.5. The maximum Gasteiger partial charge on any atom is 0.252 e. The van der Waals surface area contributed by atoms with Crippen LogP contribution in [0.4, 0.5) is 0 Å². The summed E-state index contributed by atoms with van der Waals surface area (Å²) < 4.78 is 5.49. The van der Waals surface area contributed by atoms with Gasteiger partial charge in [0.2, 0.25) is 0 Å². The predicted molar refractivity (Wildman–Crippen MR) is 82.1 cm³/mol. The number of methoxy groups -OCH3 is 1. The lowest BCUT2D eigenvalue weighted by molar-refractivity contribution is -0.143. The van der Waals surface area contributed by atoms with E-state index in [4.69, 9.17) is 4.74 Å². The zero-order valence-electron chi connectivity index (χ0n) is 13.1. The first-order valence-electron chi connectivity index (χ1n) is 7.52. The van der Waals surface area contributed by atoms with Crippen molar-refractivity contribution in [1.29, 1.82) is 0 Å². The largest absolute Gasteiger partial charge is 0.380 e. The molecule has 1 aromatic rings. The van der Waals surface area contributed by atoms with Crippen LogP contribution in [0.1, 0.15) is 44.6 Å². The van der Waals surface area contributed by atoms with E-state index < -0.39 is 5.60 Å². The number of aliphatic hydroxyl groups is 1. The van der Waals surface area contributed by atoms with E-state index in [0.717, 1.165) is 24.8 Å². The summed E-state index contributed by atoms with van der Waals surface area (Å²) in [5, 5.41) is 13.5. The molecule has 0 heterocycles. The van der Waals surface area contributed by atoms with Crippen molar-refractivity contribution in [2.24, 2.45) is 0 Å². The van der Waals surface area contributed by atoms with E-state index in [-0.39, 0.29) is 17.4 Å². The van der Waals surface area contributed by atoms with E-state index in [0.29, 0.717) is 6.54 Å². The van der Waals surface area contributed by atoms with Crippen molar-refractivity contribution in [2.75, 3.05) is 13.7 Å². The zero-order valence-corrected chi connectivity index (χ0v) is 13.1. The minimum atomic E-state index is -1.44. The Bertz CT molecular complexity index is 475. The highest BCUT2D eigenvalue weighted by molar-refractivity contribution is 5.85. The summed E-state index contributed by atoms with van der Waals surface area (Å²) >= 11 is 0. The molecule has 21 heavy (non-hydrogen) atoms. The first-order valence-corrected chi connectivity index (χ1v) is 7.52. The fraction of sp³-hybridized carbons (Fsp3) is 0.588. The van der Waals surface area contributed by atoms with Crippen LogP contribution in [0.2, 0.25) is 0 Å². The Morgan fingerprint density at radius 2 is 2.05 bits per heavy atom. The van der Waals surface area contributed by atoms with Crippen LogP contribution < -0.4 is 5.32 Å². The van der Waals surface area contributed by atoms with E-state index in [1.54, 1.807) is 14.0 Å². The van der Waals surface area contributed by atoms with Gasteiger partial charge in [0.05, 0.1) is 5.60 Å². The van der Waals surface area contributed by atoms with Gasteiger partial charge in [-0.25, -0.2) is 0 Å². The Morgan fingerprint density at radius 1 is 1.43 bits per heavy atom. The summed E-state index contributed by atoms with van der Waals surface area (Å²) in [6.45, 7) is 3.89. The molecule has 1 aromatic carbocycles. The Hall–Kier alpha value is -1.39. The molecule has 1 amide bonds. The van der Waals surface area contributed by atoms with Gasteiger partial charge in [0.1, 0.15) is 5.60 Å². The minimum absolute atomic E-state index is 0.234. The molecule has 1 fully saturated rings. The van der Waals surface area contributed by atoms with Gasteiger partial charge in [0.15, 0.2) is 0 Å². The van der Waals surface area contributed by atoms with Crippen LogP contribution >= 0.6 is 0 Å². The van der Waals surface area contributed by atoms with Crippen LogP contribution in [0.25, 0.3) is 0 Å². The lowest BCUT2D eigenvalue weighted by Crippen LogP contribution is -2.55. The number of nitrogens with one attached hydrogen (secondary N) is 1. The molecule has 0 bridgehead atoms. The van der Waals surface area contributed by atoms with Crippen molar-refractivity contribution in [3.63, 3.8) is 0 Å². The van der Waals surface area contributed by atoms with Gasteiger partial charge < -0.3 is 15.2 Å². The molecule has 1 saturated carbocycles. The second kappa shape index (κ2) is 6.16. The number of carbonyl (C=O) groups is 1. The summed E-state index contributed by atoms with van der Waals surface area (Å²) in [7, 11) is 1.68. The fourth-order valence-corrected chi connectivity index (χ4v) is 2.71. The Balaban J connectivity index is 1.99. The van der Waals surface area contributed by atoms with Crippen molar-refractivity contribution in [2.45, 2.75) is 50.2 Å². The normalized spacial score (nSPS) is 21.0.